The third-order valence-corrected chi connectivity index (χ3v) is 4.60. The third-order valence-electron chi connectivity index (χ3n) is 4.60. The number of hydrogen-bond acceptors (Lipinski definition) is 7. The Morgan fingerprint density at radius 1 is 1.04 bits per heavy atom. The lowest BCUT2D eigenvalue weighted by Gasteiger charge is -2.34. The van der Waals surface area contributed by atoms with Gasteiger partial charge in [0.2, 0.25) is 0 Å². The Labute approximate surface area is 151 Å². The van der Waals surface area contributed by atoms with Gasteiger partial charge < -0.3 is 20.1 Å². The number of piperazine rings is 1. The van der Waals surface area contributed by atoms with Crippen LogP contribution in [0.15, 0.2) is 30.6 Å². The maximum Gasteiger partial charge on any atom is 0.276 e. The largest absolute Gasteiger partial charge is 0.486 e. The standard InChI is InChI=1S/C18H21N5O3/c19-17-16(20-3-4-21-17)18(24)23-7-5-22(6-8-23)12-13-1-2-14-15(11-13)26-10-9-25-14/h1-4,11H,5-10,12H2,(H2,19,21). The number of anilines is 1. The molecule has 0 aliphatic carbocycles. The van der Waals surface area contributed by atoms with E-state index < -0.39 is 0 Å². The molecule has 3 heterocycles. The van der Waals surface area contributed by atoms with Crippen LogP contribution in [-0.2, 0) is 6.54 Å². The van der Waals surface area contributed by atoms with E-state index in [0.29, 0.717) is 26.3 Å². The average Bonchev–Trinajstić information content (AvgIpc) is 2.68. The molecule has 8 nitrogen and oxygen atoms in total. The van der Waals surface area contributed by atoms with E-state index in [0.717, 1.165) is 31.1 Å². The normalized spacial score (nSPS) is 17.2. The van der Waals surface area contributed by atoms with E-state index in [1.807, 2.05) is 12.1 Å². The first-order valence-corrected chi connectivity index (χ1v) is 8.67. The summed E-state index contributed by atoms with van der Waals surface area (Å²) in [6.07, 6.45) is 2.97. The number of carbonyl (C=O) groups is 1. The molecule has 0 bridgehead atoms. The summed E-state index contributed by atoms with van der Waals surface area (Å²) in [5.41, 5.74) is 7.16. The van der Waals surface area contributed by atoms with Crippen LogP contribution >= 0.6 is 0 Å². The molecule has 1 saturated heterocycles. The number of amides is 1. The van der Waals surface area contributed by atoms with Crippen molar-refractivity contribution in [2.75, 3.05) is 45.1 Å². The number of aromatic nitrogens is 2. The van der Waals surface area contributed by atoms with Crippen molar-refractivity contribution < 1.29 is 14.3 Å². The van der Waals surface area contributed by atoms with Crippen molar-refractivity contribution in [2.24, 2.45) is 0 Å². The Hall–Kier alpha value is -2.87. The summed E-state index contributed by atoms with van der Waals surface area (Å²) in [5, 5.41) is 0. The Morgan fingerprint density at radius 3 is 2.54 bits per heavy atom. The molecule has 0 saturated carbocycles. The molecule has 2 N–H and O–H groups in total. The summed E-state index contributed by atoms with van der Waals surface area (Å²) >= 11 is 0. The summed E-state index contributed by atoms with van der Waals surface area (Å²) in [4.78, 5) is 24.6. The van der Waals surface area contributed by atoms with E-state index in [1.165, 1.54) is 18.0 Å². The van der Waals surface area contributed by atoms with E-state index >= 15 is 0 Å². The zero-order valence-electron chi connectivity index (χ0n) is 14.4. The Balaban J connectivity index is 1.35. The molecule has 1 aromatic heterocycles. The van der Waals surface area contributed by atoms with Gasteiger partial charge in [-0.2, -0.15) is 0 Å². The molecule has 4 rings (SSSR count). The van der Waals surface area contributed by atoms with Crippen molar-refractivity contribution in [3.63, 3.8) is 0 Å². The van der Waals surface area contributed by atoms with Crippen molar-refractivity contribution in [1.82, 2.24) is 19.8 Å². The fraction of sp³-hybridized carbons (Fsp3) is 0.389. The lowest BCUT2D eigenvalue weighted by molar-refractivity contribution is 0.0623. The topological polar surface area (TPSA) is 93.8 Å². The predicted octanol–water partition coefficient (Wildman–Crippen LogP) is 0.788. The lowest BCUT2D eigenvalue weighted by atomic mass is 10.1. The highest BCUT2D eigenvalue weighted by molar-refractivity contribution is 5.96. The number of fused-ring (bicyclic) bond motifs is 1. The molecule has 0 atom stereocenters. The van der Waals surface area contributed by atoms with Crippen LogP contribution in [0.1, 0.15) is 16.1 Å². The van der Waals surface area contributed by atoms with Crippen molar-refractivity contribution >= 4 is 11.7 Å². The van der Waals surface area contributed by atoms with Gasteiger partial charge in [0.25, 0.3) is 5.91 Å². The maximum absolute atomic E-state index is 12.5. The zero-order valence-corrected chi connectivity index (χ0v) is 14.4. The molecule has 0 radical (unpaired) electrons. The van der Waals surface area contributed by atoms with Gasteiger partial charge in [0.1, 0.15) is 13.2 Å². The molecule has 2 aliphatic heterocycles. The number of ether oxygens (including phenoxy) is 2. The molecule has 0 unspecified atom stereocenters. The highest BCUT2D eigenvalue weighted by atomic mass is 16.6. The number of nitrogen functional groups attached to an aromatic ring is 1. The molecule has 1 amide bonds. The maximum atomic E-state index is 12.5. The molecule has 1 fully saturated rings. The Bertz CT molecular complexity index is 805. The second-order valence-electron chi connectivity index (χ2n) is 6.34. The number of hydrogen-bond donors (Lipinski definition) is 1. The van der Waals surface area contributed by atoms with Crippen LogP contribution < -0.4 is 15.2 Å². The molecular formula is C18H21N5O3. The summed E-state index contributed by atoms with van der Waals surface area (Å²) < 4.78 is 11.2. The summed E-state index contributed by atoms with van der Waals surface area (Å²) in [6, 6.07) is 6.05. The number of nitrogens with zero attached hydrogens (tertiary/aromatic N) is 4. The fourth-order valence-electron chi connectivity index (χ4n) is 3.22. The highest BCUT2D eigenvalue weighted by Crippen LogP contribution is 2.31. The predicted molar refractivity (Wildman–Crippen MR) is 95.1 cm³/mol. The number of carbonyl (C=O) groups excluding carboxylic acids is 1. The summed E-state index contributed by atoms with van der Waals surface area (Å²) in [6.45, 7) is 4.85. The van der Waals surface area contributed by atoms with Crippen LogP contribution in [0.2, 0.25) is 0 Å². The van der Waals surface area contributed by atoms with Gasteiger partial charge in [-0.05, 0) is 17.7 Å². The number of rotatable bonds is 3. The van der Waals surface area contributed by atoms with Crippen molar-refractivity contribution in [1.29, 1.82) is 0 Å². The van der Waals surface area contributed by atoms with Crippen molar-refractivity contribution in [3.8, 4) is 11.5 Å². The molecule has 2 aliphatic rings. The first-order chi connectivity index (χ1) is 12.7. The van der Waals surface area contributed by atoms with Gasteiger partial charge in [0.05, 0.1) is 0 Å². The van der Waals surface area contributed by atoms with E-state index in [-0.39, 0.29) is 17.4 Å². The minimum absolute atomic E-state index is 0.158. The minimum atomic E-state index is -0.158. The van der Waals surface area contributed by atoms with Gasteiger partial charge >= 0.3 is 0 Å². The number of benzene rings is 1. The van der Waals surface area contributed by atoms with E-state index in [1.54, 1.807) is 4.90 Å². The smallest absolute Gasteiger partial charge is 0.276 e. The van der Waals surface area contributed by atoms with Gasteiger partial charge in [-0.15, -0.1) is 0 Å². The monoisotopic (exact) mass is 355 g/mol. The Kier molecular flexibility index (Phi) is 4.57. The van der Waals surface area contributed by atoms with E-state index in [4.69, 9.17) is 15.2 Å². The number of nitrogens with two attached hydrogens (primary N) is 1. The molecular weight excluding hydrogens is 334 g/mol. The quantitative estimate of drug-likeness (QED) is 0.870. The van der Waals surface area contributed by atoms with Crippen LogP contribution in [0.25, 0.3) is 0 Å². The average molecular weight is 355 g/mol. The highest BCUT2D eigenvalue weighted by Gasteiger charge is 2.25. The van der Waals surface area contributed by atoms with Crippen LogP contribution in [0.4, 0.5) is 5.82 Å². The molecule has 1 aromatic carbocycles. The first kappa shape index (κ1) is 16.6. The van der Waals surface area contributed by atoms with Crippen LogP contribution in [0.3, 0.4) is 0 Å². The van der Waals surface area contributed by atoms with Gasteiger partial charge in [0, 0.05) is 45.1 Å². The summed E-state index contributed by atoms with van der Waals surface area (Å²) in [7, 11) is 0. The third kappa shape index (κ3) is 3.41. The molecule has 8 heteroatoms. The van der Waals surface area contributed by atoms with Crippen LogP contribution in [0.5, 0.6) is 11.5 Å². The molecule has 2 aromatic rings. The SMILES string of the molecule is Nc1nccnc1C(=O)N1CCN(Cc2ccc3c(c2)OCCO3)CC1. The van der Waals surface area contributed by atoms with Crippen molar-refractivity contribution in [3.05, 3.63) is 41.9 Å². The second kappa shape index (κ2) is 7.17. The summed E-state index contributed by atoms with van der Waals surface area (Å²) in [5.74, 6) is 1.63. The van der Waals surface area contributed by atoms with Crippen molar-refractivity contribution in [2.45, 2.75) is 6.54 Å². The van der Waals surface area contributed by atoms with Crippen LogP contribution in [0, 0.1) is 0 Å². The van der Waals surface area contributed by atoms with Gasteiger partial charge in [-0.25, -0.2) is 9.97 Å². The second-order valence-corrected chi connectivity index (χ2v) is 6.34. The van der Waals surface area contributed by atoms with Gasteiger partial charge in [-0.1, -0.05) is 6.07 Å². The van der Waals surface area contributed by atoms with Gasteiger partial charge in [0.15, 0.2) is 23.0 Å². The van der Waals surface area contributed by atoms with Crippen LogP contribution in [-0.4, -0.2) is 65.1 Å². The van der Waals surface area contributed by atoms with E-state index in [2.05, 4.69) is 20.9 Å². The first-order valence-electron chi connectivity index (χ1n) is 8.67. The molecule has 26 heavy (non-hydrogen) atoms. The minimum Gasteiger partial charge on any atom is -0.486 e. The molecule has 0 spiro atoms. The van der Waals surface area contributed by atoms with E-state index in [9.17, 15) is 4.79 Å². The molecule has 136 valence electrons. The lowest BCUT2D eigenvalue weighted by Crippen LogP contribution is -2.48. The fourth-order valence-corrected chi connectivity index (χ4v) is 3.22. The van der Waals surface area contributed by atoms with Gasteiger partial charge in [-0.3, -0.25) is 9.69 Å². The zero-order chi connectivity index (χ0) is 17.9. The Morgan fingerprint density at radius 2 is 1.77 bits per heavy atom.